The smallest absolute Gasteiger partial charge is 0.231 e. The standard InChI is InChI=1S/C20H25N5O3.ClH/c1-13-17(14(2)27-23-13)12-26-16-6-4-15(5-7-16)10-19-22-20(24-28-19)18-11-21-8-9-25(18)3;/h4-7,18,21H,8-12H2,1-3H3;1H. The van der Waals surface area contributed by atoms with E-state index >= 15 is 0 Å². The van der Waals surface area contributed by atoms with Gasteiger partial charge in [-0.1, -0.05) is 22.4 Å². The number of benzene rings is 1. The lowest BCUT2D eigenvalue weighted by molar-refractivity contribution is 0.190. The molecule has 4 rings (SSSR count). The Morgan fingerprint density at radius 2 is 1.97 bits per heavy atom. The summed E-state index contributed by atoms with van der Waals surface area (Å²) in [6.45, 7) is 7.05. The van der Waals surface area contributed by atoms with Crippen LogP contribution in [0.25, 0.3) is 0 Å². The van der Waals surface area contributed by atoms with Gasteiger partial charge in [-0.3, -0.25) is 4.90 Å². The normalized spacial score (nSPS) is 17.1. The van der Waals surface area contributed by atoms with Crippen molar-refractivity contribution in [3.63, 3.8) is 0 Å². The lowest BCUT2D eigenvalue weighted by Crippen LogP contribution is -2.44. The van der Waals surface area contributed by atoms with Crippen molar-refractivity contribution < 1.29 is 13.8 Å². The minimum absolute atomic E-state index is 0. The highest BCUT2D eigenvalue weighted by atomic mass is 35.5. The molecule has 1 saturated heterocycles. The van der Waals surface area contributed by atoms with E-state index < -0.39 is 0 Å². The predicted molar refractivity (Wildman–Crippen MR) is 109 cm³/mol. The van der Waals surface area contributed by atoms with E-state index in [1.807, 2.05) is 38.1 Å². The number of aromatic nitrogens is 3. The first-order chi connectivity index (χ1) is 13.6. The number of nitrogens with one attached hydrogen (secondary N) is 1. The van der Waals surface area contributed by atoms with E-state index in [1.165, 1.54) is 0 Å². The molecule has 2 aromatic heterocycles. The maximum absolute atomic E-state index is 5.85. The van der Waals surface area contributed by atoms with Crippen molar-refractivity contribution in [2.45, 2.75) is 32.9 Å². The summed E-state index contributed by atoms with van der Waals surface area (Å²) in [5.74, 6) is 2.95. The zero-order chi connectivity index (χ0) is 19.5. The molecule has 156 valence electrons. The first-order valence-electron chi connectivity index (χ1n) is 9.47. The molecule has 0 spiro atoms. The largest absolute Gasteiger partial charge is 0.489 e. The lowest BCUT2D eigenvalue weighted by atomic mass is 10.1. The van der Waals surface area contributed by atoms with Crippen LogP contribution in [0.5, 0.6) is 5.75 Å². The molecule has 1 aliphatic rings. The number of rotatable bonds is 6. The monoisotopic (exact) mass is 419 g/mol. The van der Waals surface area contributed by atoms with Crippen LogP contribution in [0, 0.1) is 13.8 Å². The molecule has 1 aromatic carbocycles. The fourth-order valence-electron chi connectivity index (χ4n) is 3.31. The lowest BCUT2D eigenvalue weighted by Gasteiger charge is -2.30. The Morgan fingerprint density at radius 3 is 2.66 bits per heavy atom. The molecular weight excluding hydrogens is 394 g/mol. The molecule has 1 atom stereocenters. The molecule has 1 aliphatic heterocycles. The van der Waals surface area contributed by atoms with Gasteiger partial charge in [-0.15, -0.1) is 12.4 Å². The molecular formula is C20H26ClN5O3. The van der Waals surface area contributed by atoms with E-state index in [-0.39, 0.29) is 18.4 Å². The molecule has 1 fully saturated rings. The summed E-state index contributed by atoms with van der Waals surface area (Å²) < 4.78 is 16.5. The molecule has 9 heteroatoms. The number of aryl methyl sites for hydroxylation is 2. The van der Waals surface area contributed by atoms with Gasteiger partial charge in [0.2, 0.25) is 5.89 Å². The Morgan fingerprint density at radius 1 is 1.17 bits per heavy atom. The average Bonchev–Trinajstić information content (AvgIpc) is 3.28. The van der Waals surface area contributed by atoms with Crippen molar-refractivity contribution in [2.75, 3.05) is 26.7 Å². The number of hydrogen-bond donors (Lipinski definition) is 1. The zero-order valence-electron chi connectivity index (χ0n) is 16.8. The maximum atomic E-state index is 5.85. The van der Waals surface area contributed by atoms with Gasteiger partial charge in [0.1, 0.15) is 18.1 Å². The minimum Gasteiger partial charge on any atom is -0.489 e. The summed E-state index contributed by atoms with van der Waals surface area (Å²) in [7, 11) is 2.09. The van der Waals surface area contributed by atoms with Gasteiger partial charge >= 0.3 is 0 Å². The van der Waals surface area contributed by atoms with Crippen LogP contribution in [0.4, 0.5) is 0 Å². The number of nitrogens with zero attached hydrogens (tertiary/aromatic N) is 4. The molecule has 0 aliphatic carbocycles. The Labute approximate surface area is 176 Å². The average molecular weight is 420 g/mol. The maximum Gasteiger partial charge on any atom is 0.231 e. The van der Waals surface area contributed by atoms with Crippen LogP contribution >= 0.6 is 12.4 Å². The van der Waals surface area contributed by atoms with E-state index in [9.17, 15) is 0 Å². The summed E-state index contributed by atoms with van der Waals surface area (Å²) >= 11 is 0. The predicted octanol–water partition coefficient (Wildman–Crippen LogP) is 2.84. The van der Waals surface area contributed by atoms with Gasteiger partial charge in [-0.25, -0.2) is 0 Å². The van der Waals surface area contributed by atoms with E-state index in [4.69, 9.17) is 13.8 Å². The summed E-state index contributed by atoms with van der Waals surface area (Å²) in [5.41, 5.74) is 2.94. The van der Waals surface area contributed by atoms with Gasteiger partial charge in [0.25, 0.3) is 0 Å². The zero-order valence-corrected chi connectivity index (χ0v) is 17.7. The van der Waals surface area contributed by atoms with Gasteiger partial charge < -0.3 is 19.1 Å². The van der Waals surface area contributed by atoms with Crippen molar-refractivity contribution in [3.8, 4) is 5.75 Å². The molecule has 29 heavy (non-hydrogen) atoms. The van der Waals surface area contributed by atoms with Crippen LogP contribution < -0.4 is 10.1 Å². The molecule has 1 N–H and O–H groups in total. The number of hydrogen-bond acceptors (Lipinski definition) is 8. The third-order valence-corrected chi connectivity index (χ3v) is 5.14. The second-order valence-electron chi connectivity index (χ2n) is 7.16. The SMILES string of the molecule is Cc1noc(C)c1COc1ccc(Cc2nc(C3CNCCN3C)no2)cc1.Cl. The third kappa shape index (κ3) is 4.95. The van der Waals surface area contributed by atoms with E-state index in [1.54, 1.807) is 0 Å². The molecule has 0 saturated carbocycles. The number of ether oxygens (including phenoxy) is 1. The highest BCUT2D eigenvalue weighted by Gasteiger charge is 2.25. The van der Waals surface area contributed by atoms with Gasteiger partial charge in [-0.2, -0.15) is 4.98 Å². The molecule has 0 bridgehead atoms. The third-order valence-electron chi connectivity index (χ3n) is 5.14. The fraction of sp³-hybridized carbons (Fsp3) is 0.450. The fourth-order valence-corrected chi connectivity index (χ4v) is 3.31. The van der Waals surface area contributed by atoms with Gasteiger partial charge in [0.15, 0.2) is 5.82 Å². The van der Waals surface area contributed by atoms with Crippen LogP contribution in [-0.2, 0) is 13.0 Å². The van der Waals surface area contributed by atoms with Crippen LogP contribution in [0.3, 0.4) is 0 Å². The Bertz CT molecular complexity index is 905. The molecule has 0 radical (unpaired) electrons. The minimum atomic E-state index is 0. The summed E-state index contributed by atoms with van der Waals surface area (Å²) in [4.78, 5) is 6.83. The molecule has 1 unspecified atom stereocenters. The first-order valence-corrected chi connectivity index (χ1v) is 9.47. The van der Waals surface area contributed by atoms with Crippen LogP contribution in [0.2, 0.25) is 0 Å². The van der Waals surface area contributed by atoms with Gasteiger partial charge in [-0.05, 0) is 38.6 Å². The van der Waals surface area contributed by atoms with Crippen LogP contribution in [0.1, 0.15) is 40.3 Å². The number of likely N-dealkylation sites (N-methyl/N-ethyl adjacent to an activating group) is 1. The number of halogens is 1. The summed E-state index contributed by atoms with van der Waals surface area (Å²) in [5, 5.41) is 11.5. The quantitative estimate of drug-likeness (QED) is 0.652. The van der Waals surface area contributed by atoms with E-state index in [2.05, 4.69) is 32.6 Å². The van der Waals surface area contributed by atoms with Crippen molar-refractivity contribution in [3.05, 3.63) is 58.6 Å². The van der Waals surface area contributed by atoms with Gasteiger partial charge in [0, 0.05) is 19.6 Å². The Kier molecular flexibility index (Phi) is 6.89. The highest BCUT2D eigenvalue weighted by molar-refractivity contribution is 5.85. The van der Waals surface area contributed by atoms with E-state index in [0.717, 1.165) is 53.8 Å². The Hall–Kier alpha value is -2.42. The van der Waals surface area contributed by atoms with Crippen molar-refractivity contribution in [1.29, 1.82) is 0 Å². The highest BCUT2D eigenvalue weighted by Crippen LogP contribution is 2.21. The molecule has 3 heterocycles. The van der Waals surface area contributed by atoms with Gasteiger partial charge in [0.05, 0.1) is 23.7 Å². The molecule has 0 amide bonds. The number of piperazine rings is 1. The topological polar surface area (TPSA) is 89.5 Å². The van der Waals surface area contributed by atoms with Crippen LogP contribution in [-0.4, -0.2) is 46.9 Å². The van der Waals surface area contributed by atoms with Crippen molar-refractivity contribution in [2.24, 2.45) is 0 Å². The Balaban J connectivity index is 0.00000240. The second-order valence-corrected chi connectivity index (χ2v) is 7.16. The first kappa shape index (κ1) is 21.3. The van der Waals surface area contributed by atoms with Crippen LogP contribution in [0.15, 0.2) is 33.3 Å². The van der Waals surface area contributed by atoms with Crippen molar-refractivity contribution in [1.82, 2.24) is 25.5 Å². The second kappa shape index (κ2) is 9.39. The summed E-state index contributed by atoms with van der Waals surface area (Å²) in [6.07, 6.45) is 0.598. The summed E-state index contributed by atoms with van der Waals surface area (Å²) in [6, 6.07) is 8.08. The molecule has 3 aromatic rings. The molecule has 8 nitrogen and oxygen atoms in total. The van der Waals surface area contributed by atoms with E-state index in [0.29, 0.717) is 18.9 Å². The van der Waals surface area contributed by atoms with Crippen molar-refractivity contribution >= 4 is 12.4 Å².